The topological polar surface area (TPSA) is 92.7 Å². The van der Waals surface area contributed by atoms with Gasteiger partial charge in [-0.15, -0.1) is 0 Å². The van der Waals surface area contributed by atoms with Gasteiger partial charge in [-0.25, -0.2) is 0 Å². The number of carbonyl (C=O) groups is 3. The molecule has 6 heteroatoms. The number of aliphatic carboxylic acids is 1. The molecule has 0 aliphatic heterocycles. The minimum atomic E-state index is -1.03. The summed E-state index contributed by atoms with van der Waals surface area (Å²) in [6, 6.07) is 0. The summed E-state index contributed by atoms with van der Waals surface area (Å²) in [6.07, 6.45) is 52.6. The number of hydrogen-bond donors (Lipinski definition) is 2. The van der Waals surface area contributed by atoms with E-state index in [0.717, 1.165) is 77.0 Å². The van der Waals surface area contributed by atoms with Crippen molar-refractivity contribution in [3.05, 3.63) is 48.6 Å². The number of amides is 1. The van der Waals surface area contributed by atoms with Crippen molar-refractivity contribution in [1.29, 1.82) is 0 Å². The van der Waals surface area contributed by atoms with Crippen LogP contribution >= 0.6 is 0 Å². The molecular formula is C46H81NO5. The first kappa shape index (κ1) is 49.4. The number of nitrogens with one attached hydrogen (secondary N) is 1. The Balaban J connectivity index is 4.16. The van der Waals surface area contributed by atoms with E-state index in [4.69, 9.17) is 9.84 Å². The van der Waals surface area contributed by atoms with E-state index in [0.29, 0.717) is 12.8 Å². The first-order chi connectivity index (χ1) is 25.5. The van der Waals surface area contributed by atoms with Gasteiger partial charge in [0, 0.05) is 12.8 Å². The van der Waals surface area contributed by atoms with Gasteiger partial charge in [-0.3, -0.25) is 14.4 Å². The van der Waals surface area contributed by atoms with Crippen LogP contribution in [-0.4, -0.2) is 35.6 Å². The number of unbranched alkanes of at least 4 members (excludes halogenated alkanes) is 22. The van der Waals surface area contributed by atoms with E-state index in [2.05, 4.69) is 67.8 Å². The number of ether oxygens (including phenoxy) is 1. The van der Waals surface area contributed by atoms with Crippen molar-refractivity contribution < 1.29 is 24.2 Å². The maximum Gasteiger partial charge on any atom is 0.322 e. The summed E-state index contributed by atoms with van der Waals surface area (Å²) in [5.41, 5.74) is 0. The fourth-order valence-electron chi connectivity index (χ4n) is 6.31. The highest BCUT2D eigenvalue weighted by atomic mass is 16.5. The molecule has 300 valence electrons. The predicted octanol–water partition coefficient (Wildman–Crippen LogP) is 13.5. The van der Waals surface area contributed by atoms with Crippen molar-refractivity contribution in [2.45, 2.75) is 219 Å². The van der Waals surface area contributed by atoms with Gasteiger partial charge in [0.25, 0.3) is 0 Å². The average Bonchev–Trinajstić information content (AvgIpc) is 3.13. The van der Waals surface area contributed by atoms with Gasteiger partial charge in [0.05, 0.1) is 0 Å². The molecule has 0 saturated carbocycles. The van der Waals surface area contributed by atoms with Crippen LogP contribution in [0.25, 0.3) is 0 Å². The van der Waals surface area contributed by atoms with Crippen molar-refractivity contribution in [1.82, 2.24) is 5.32 Å². The number of rotatable bonds is 39. The van der Waals surface area contributed by atoms with E-state index in [1.54, 1.807) is 0 Å². The zero-order valence-electron chi connectivity index (χ0n) is 33.9. The van der Waals surface area contributed by atoms with Gasteiger partial charge in [-0.2, -0.15) is 0 Å². The monoisotopic (exact) mass is 728 g/mol. The van der Waals surface area contributed by atoms with Crippen LogP contribution in [-0.2, 0) is 19.1 Å². The lowest BCUT2D eigenvalue weighted by Gasteiger charge is -2.14. The summed E-state index contributed by atoms with van der Waals surface area (Å²) in [5.74, 6) is -1.33. The van der Waals surface area contributed by atoms with E-state index in [1.807, 2.05) is 0 Å². The van der Waals surface area contributed by atoms with Crippen LogP contribution in [0.2, 0.25) is 0 Å². The van der Waals surface area contributed by atoms with Gasteiger partial charge in [-0.1, -0.05) is 191 Å². The smallest absolute Gasteiger partial charge is 0.322 e. The molecule has 0 saturated heterocycles. The molecule has 2 N–H and O–H groups in total. The Hall–Kier alpha value is -2.63. The van der Waals surface area contributed by atoms with E-state index in [-0.39, 0.29) is 24.5 Å². The Morgan fingerprint density at radius 1 is 0.519 bits per heavy atom. The molecule has 0 spiro atoms. The van der Waals surface area contributed by atoms with Crippen LogP contribution in [0, 0.1) is 0 Å². The number of carboxylic acid groups (broad SMARTS) is 1. The molecule has 0 aromatic carbocycles. The SMILES string of the molecule is CC/C=C\C/C=C\C/C=C\C/C=C\C(CCCCCCCC(=O)NCC(=O)O)OC(=O)CCCCCCCCCCCCCCCCCCCCC. The molecule has 0 aromatic rings. The molecule has 52 heavy (non-hydrogen) atoms. The molecule has 0 bridgehead atoms. The number of carbonyl (C=O) groups excluding carboxylic acids is 2. The summed E-state index contributed by atoms with van der Waals surface area (Å²) < 4.78 is 5.92. The van der Waals surface area contributed by atoms with Crippen LogP contribution < -0.4 is 5.32 Å². The van der Waals surface area contributed by atoms with Crippen LogP contribution in [0.5, 0.6) is 0 Å². The normalized spacial score (nSPS) is 12.5. The van der Waals surface area contributed by atoms with Crippen molar-refractivity contribution in [2.24, 2.45) is 0 Å². The lowest BCUT2D eigenvalue weighted by molar-refractivity contribution is -0.147. The van der Waals surface area contributed by atoms with Crippen molar-refractivity contribution in [2.75, 3.05) is 6.54 Å². The third-order valence-corrected chi connectivity index (χ3v) is 9.50. The second-order valence-electron chi connectivity index (χ2n) is 14.6. The standard InChI is InChI=1S/C46H81NO5/c1-3-5-7-9-11-13-15-16-17-18-19-20-21-22-24-26-28-33-37-41-46(51)52-43(38-34-30-27-25-23-14-12-10-8-6-4-2)39-35-31-29-32-36-40-44(48)47-42-45(49)50/h6,8,12,14,25,27,34,38,43H,3-5,7,9-11,13,15-24,26,28-33,35-37,39-42H2,1-2H3,(H,47,48)(H,49,50)/b8-6-,14-12-,27-25-,38-34-. The maximum absolute atomic E-state index is 12.7. The molecule has 0 aliphatic carbocycles. The van der Waals surface area contributed by atoms with E-state index in [9.17, 15) is 14.4 Å². The molecule has 1 unspecified atom stereocenters. The summed E-state index contributed by atoms with van der Waals surface area (Å²) in [5, 5.41) is 11.1. The summed E-state index contributed by atoms with van der Waals surface area (Å²) >= 11 is 0. The molecule has 0 radical (unpaired) electrons. The van der Waals surface area contributed by atoms with Gasteiger partial charge >= 0.3 is 11.9 Å². The third-order valence-electron chi connectivity index (χ3n) is 9.50. The zero-order valence-corrected chi connectivity index (χ0v) is 33.9. The van der Waals surface area contributed by atoms with Gasteiger partial charge in [0.2, 0.25) is 5.91 Å². The highest BCUT2D eigenvalue weighted by Gasteiger charge is 2.11. The number of allylic oxidation sites excluding steroid dienone is 7. The fraction of sp³-hybridized carbons (Fsp3) is 0.761. The minimum absolute atomic E-state index is 0.0909. The molecule has 0 aliphatic rings. The summed E-state index contributed by atoms with van der Waals surface area (Å²) in [6.45, 7) is 4.10. The van der Waals surface area contributed by atoms with Gasteiger partial charge in [0.15, 0.2) is 0 Å². The average molecular weight is 728 g/mol. The quantitative estimate of drug-likeness (QED) is 0.0373. The second-order valence-corrected chi connectivity index (χ2v) is 14.6. The molecule has 6 nitrogen and oxygen atoms in total. The fourth-order valence-corrected chi connectivity index (χ4v) is 6.31. The van der Waals surface area contributed by atoms with Crippen LogP contribution in [0.15, 0.2) is 48.6 Å². The van der Waals surface area contributed by atoms with Gasteiger partial charge in [-0.05, 0) is 57.4 Å². The first-order valence-electron chi connectivity index (χ1n) is 21.8. The Kier molecular flexibility index (Phi) is 39.1. The van der Waals surface area contributed by atoms with E-state index in [1.165, 1.54) is 109 Å². The predicted molar refractivity (Wildman–Crippen MR) is 222 cm³/mol. The number of esters is 1. The van der Waals surface area contributed by atoms with Gasteiger partial charge < -0.3 is 15.2 Å². The van der Waals surface area contributed by atoms with Crippen molar-refractivity contribution in [3.63, 3.8) is 0 Å². The van der Waals surface area contributed by atoms with Crippen LogP contribution in [0.3, 0.4) is 0 Å². The van der Waals surface area contributed by atoms with Crippen LogP contribution in [0.1, 0.15) is 213 Å². The van der Waals surface area contributed by atoms with E-state index >= 15 is 0 Å². The Labute approximate surface area is 320 Å². The van der Waals surface area contributed by atoms with Crippen molar-refractivity contribution in [3.8, 4) is 0 Å². The highest BCUT2D eigenvalue weighted by molar-refractivity contribution is 5.80. The van der Waals surface area contributed by atoms with Crippen LogP contribution in [0.4, 0.5) is 0 Å². The molecule has 0 rings (SSSR count). The summed E-state index contributed by atoms with van der Waals surface area (Å²) in [7, 11) is 0. The molecule has 0 fully saturated rings. The van der Waals surface area contributed by atoms with Crippen molar-refractivity contribution >= 4 is 17.8 Å². The lowest BCUT2D eigenvalue weighted by Crippen LogP contribution is -2.28. The van der Waals surface area contributed by atoms with Gasteiger partial charge in [0.1, 0.15) is 12.6 Å². The largest absolute Gasteiger partial charge is 0.480 e. The second kappa shape index (κ2) is 41.1. The number of carboxylic acids is 1. The zero-order chi connectivity index (χ0) is 38.0. The molecular weight excluding hydrogens is 647 g/mol. The number of hydrogen-bond acceptors (Lipinski definition) is 4. The summed E-state index contributed by atoms with van der Waals surface area (Å²) in [4.78, 5) is 35.0. The Morgan fingerprint density at radius 2 is 0.923 bits per heavy atom. The molecule has 1 amide bonds. The van der Waals surface area contributed by atoms with E-state index < -0.39 is 5.97 Å². The first-order valence-corrected chi connectivity index (χ1v) is 21.8. The molecule has 0 heterocycles. The molecule has 1 atom stereocenters. The Morgan fingerprint density at radius 3 is 1.38 bits per heavy atom. The Bertz CT molecular complexity index is 937. The third kappa shape index (κ3) is 40.1. The maximum atomic E-state index is 12.7. The lowest BCUT2D eigenvalue weighted by atomic mass is 10.0. The highest BCUT2D eigenvalue weighted by Crippen LogP contribution is 2.16. The minimum Gasteiger partial charge on any atom is -0.480 e. The molecule has 0 aromatic heterocycles.